The summed E-state index contributed by atoms with van der Waals surface area (Å²) < 4.78 is 4.50. The third-order valence-electron chi connectivity index (χ3n) is 5.72. The van der Waals surface area contributed by atoms with Gasteiger partial charge in [-0.2, -0.15) is 0 Å². The molecule has 0 atom stereocenters. The van der Waals surface area contributed by atoms with E-state index >= 15 is 0 Å². The van der Waals surface area contributed by atoms with Crippen molar-refractivity contribution in [2.75, 3.05) is 0 Å². The molecular formula is C26H36N2O. The van der Waals surface area contributed by atoms with Crippen LogP contribution in [0.1, 0.15) is 102 Å². The van der Waals surface area contributed by atoms with E-state index in [-0.39, 0.29) is 0 Å². The van der Waals surface area contributed by atoms with Crippen LogP contribution in [-0.2, 0) is 0 Å². The Morgan fingerprint density at radius 3 is 1.03 bits per heavy atom. The van der Waals surface area contributed by atoms with Crippen LogP contribution in [0.5, 0.6) is 5.75 Å². The van der Waals surface area contributed by atoms with Crippen molar-refractivity contribution in [3.63, 3.8) is 0 Å². The molecule has 3 aromatic rings. The summed E-state index contributed by atoms with van der Waals surface area (Å²) in [4.78, 5) is 0. The summed E-state index contributed by atoms with van der Waals surface area (Å²) in [5.74, 6) is 1.82. The second kappa shape index (κ2) is 8.14. The maximum atomic E-state index is 11.5. The molecule has 0 amide bonds. The van der Waals surface area contributed by atoms with Crippen LogP contribution in [0.2, 0.25) is 0 Å². The standard InChI is InChI=1S/C26H36N2O/c1-16(2)20-12-13-21(17(3)4)27(20)24-10-9-11-25(26(24)29)28-22(18(5)6)14-15-23(28)19(7)8/h9-19,29H,1-8H3. The number of phenols is 1. The van der Waals surface area contributed by atoms with Crippen molar-refractivity contribution in [2.45, 2.75) is 79.1 Å². The zero-order valence-electron chi connectivity index (χ0n) is 19.2. The third-order valence-corrected chi connectivity index (χ3v) is 5.72. The summed E-state index contributed by atoms with van der Waals surface area (Å²) >= 11 is 0. The highest BCUT2D eigenvalue weighted by molar-refractivity contribution is 5.62. The van der Waals surface area contributed by atoms with Crippen molar-refractivity contribution in [3.8, 4) is 17.1 Å². The Bertz CT molecular complexity index is 859. The fourth-order valence-corrected chi connectivity index (χ4v) is 4.18. The largest absolute Gasteiger partial charge is 0.504 e. The first-order valence-electron chi connectivity index (χ1n) is 10.9. The lowest BCUT2D eigenvalue weighted by Crippen LogP contribution is -2.11. The Hall–Kier alpha value is -2.42. The van der Waals surface area contributed by atoms with Crippen molar-refractivity contribution in [1.29, 1.82) is 0 Å². The van der Waals surface area contributed by atoms with Gasteiger partial charge in [-0.15, -0.1) is 0 Å². The Kier molecular flexibility index (Phi) is 5.97. The van der Waals surface area contributed by atoms with Gasteiger partial charge in [0.15, 0.2) is 5.75 Å². The van der Waals surface area contributed by atoms with Gasteiger partial charge in [0.2, 0.25) is 0 Å². The van der Waals surface area contributed by atoms with Gasteiger partial charge in [-0.25, -0.2) is 0 Å². The van der Waals surface area contributed by atoms with Crippen LogP contribution in [0.4, 0.5) is 0 Å². The van der Waals surface area contributed by atoms with Crippen LogP contribution < -0.4 is 0 Å². The predicted octanol–water partition coefficient (Wildman–Crippen LogP) is 7.47. The topological polar surface area (TPSA) is 30.1 Å². The summed E-state index contributed by atoms with van der Waals surface area (Å²) in [5.41, 5.74) is 6.61. The average Bonchev–Trinajstić information content (AvgIpc) is 3.26. The molecule has 0 aliphatic heterocycles. The molecule has 3 nitrogen and oxygen atoms in total. The average molecular weight is 393 g/mol. The van der Waals surface area contributed by atoms with E-state index in [1.807, 2.05) is 12.1 Å². The monoisotopic (exact) mass is 392 g/mol. The van der Waals surface area contributed by atoms with Gasteiger partial charge in [-0.3, -0.25) is 0 Å². The van der Waals surface area contributed by atoms with E-state index < -0.39 is 0 Å². The molecule has 0 saturated heterocycles. The Morgan fingerprint density at radius 2 is 0.793 bits per heavy atom. The fraction of sp³-hybridized carbons (Fsp3) is 0.462. The summed E-state index contributed by atoms with van der Waals surface area (Å²) in [6.45, 7) is 17.6. The van der Waals surface area contributed by atoms with Crippen molar-refractivity contribution in [3.05, 3.63) is 65.2 Å². The predicted molar refractivity (Wildman–Crippen MR) is 123 cm³/mol. The minimum absolute atomic E-state index is 0.340. The lowest BCUT2D eigenvalue weighted by atomic mass is 10.1. The summed E-state index contributed by atoms with van der Waals surface area (Å²) in [5, 5.41) is 11.5. The van der Waals surface area contributed by atoms with Crippen molar-refractivity contribution >= 4 is 0 Å². The fourth-order valence-electron chi connectivity index (χ4n) is 4.18. The van der Waals surface area contributed by atoms with Crippen molar-refractivity contribution < 1.29 is 5.11 Å². The first kappa shape index (κ1) is 21.3. The number of hydrogen-bond acceptors (Lipinski definition) is 1. The van der Waals surface area contributed by atoms with E-state index in [9.17, 15) is 5.11 Å². The molecule has 0 aliphatic rings. The molecule has 0 aliphatic carbocycles. The highest BCUT2D eigenvalue weighted by Crippen LogP contribution is 2.38. The first-order chi connectivity index (χ1) is 13.6. The van der Waals surface area contributed by atoms with Crippen LogP contribution in [0.3, 0.4) is 0 Å². The highest BCUT2D eigenvalue weighted by Gasteiger charge is 2.22. The van der Waals surface area contributed by atoms with Gasteiger partial charge < -0.3 is 14.2 Å². The van der Waals surface area contributed by atoms with Gasteiger partial charge >= 0.3 is 0 Å². The smallest absolute Gasteiger partial charge is 0.163 e. The number of para-hydroxylation sites is 1. The molecule has 1 N–H and O–H groups in total. The normalized spacial score (nSPS) is 12.1. The van der Waals surface area contributed by atoms with E-state index in [0.717, 1.165) is 11.4 Å². The van der Waals surface area contributed by atoms with Gasteiger partial charge in [0.1, 0.15) is 0 Å². The van der Waals surface area contributed by atoms with Crippen LogP contribution >= 0.6 is 0 Å². The van der Waals surface area contributed by atoms with E-state index in [4.69, 9.17) is 0 Å². The second-order valence-corrected chi connectivity index (χ2v) is 9.30. The number of aromatic nitrogens is 2. The Labute approximate surface area is 176 Å². The lowest BCUT2D eigenvalue weighted by molar-refractivity contribution is 0.466. The molecule has 0 saturated carbocycles. The second-order valence-electron chi connectivity index (χ2n) is 9.30. The van der Waals surface area contributed by atoms with Crippen LogP contribution in [0.15, 0.2) is 42.5 Å². The molecular weight excluding hydrogens is 356 g/mol. The number of phenolic OH excluding ortho intramolecular Hbond substituents is 1. The minimum atomic E-state index is 0.340. The van der Waals surface area contributed by atoms with Gasteiger partial charge in [-0.1, -0.05) is 61.5 Å². The number of aromatic hydroxyl groups is 1. The SMILES string of the molecule is CC(C)c1ccc(C(C)C)n1-c1cccc(-n2c(C(C)C)ccc2C(C)C)c1O. The molecule has 3 rings (SSSR count). The zero-order valence-corrected chi connectivity index (χ0v) is 19.2. The van der Waals surface area contributed by atoms with E-state index in [1.54, 1.807) is 0 Å². The molecule has 0 bridgehead atoms. The number of rotatable bonds is 6. The molecule has 2 heterocycles. The van der Waals surface area contributed by atoms with Crippen molar-refractivity contribution in [1.82, 2.24) is 9.13 Å². The molecule has 2 aromatic heterocycles. The van der Waals surface area contributed by atoms with Crippen LogP contribution in [-0.4, -0.2) is 14.2 Å². The Morgan fingerprint density at radius 1 is 0.517 bits per heavy atom. The zero-order chi connectivity index (χ0) is 21.5. The van der Waals surface area contributed by atoms with E-state index in [2.05, 4.69) is 94.9 Å². The van der Waals surface area contributed by atoms with Gasteiger partial charge in [0, 0.05) is 22.8 Å². The number of benzene rings is 1. The maximum absolute atomic E-state index is 11.5. The van der Waals surface area contributed by atoms with Crippen molar-refractivity contribution in [2.24, 2.45) is 0 Å². The van der Waals surface area contributed by atoms with E-state index in [0.29, 0.717) is 29.4 Å². The molecule has 0 spiro atoms. The van der Waals surface area contributed by atoms with Gasteiger partial charge in [0.25, 0.3) is 0 Å². The number of hydrogen-bond donors (Lipinski definition) is 1. The van der Waals surface area contributed by atoms with E-state index in [1.165, 1.54) is 22.8 Å². The molecule has 29 heavy (non-hydrogen) atoms. The van der Waals surface area contributed by atoms with Crippen LogP contribution in [0.25, 0.3) is 11.4 Å². The van der Waals surface area contributed by atoms with Gasteiger partial charge in [-0.05, 0) is 60.1 Å². The maximum Gasteiger partial charge on any atom is 0.163 e. The lowest BCUT2D eigenvalue weighted by Gasteiger charge is -2.23. The quantitative estimate of drug-likeness (QED) is 0.463. The third kappa shape index (κ3) is 3.75. The Balaban J connectivity index is 2.30. The molecule has 0 fully saturated rings. The molecule has 0 unspecified atom stereocenters. The minimum Gasteiger partial charge on any atom is -0.504 e. The molecule has 3 heteroatoms. The van der Waals surface area contributed by atoms with Gasteiger partial charge in [0.05, 0.1) is 11.4 Å². The summed E-state index contributed by atoms with van der Waals surface area (Å²) in [6, 6.07) is 14.9. The summed E-state index contributed by atoms with van der Waals surface area (Å²) in [7, 11) is 0. The number of nitrogens with zero attached hydrogens (tertiary/aromatic N) is 2. The molecule has 1 aromatic carbocycles. The molecule has 156 valence electrons. The first-order valence-corrected chi connectivity index (χ1v) is 10.9. The summed E-state index contributed by atoms with van der Waals surface area (Å²) in [6.07, 6.45) is 0. The molecule has 0 radical (unpaired) electrons. The van der Waals surface area contributed by atoms with Crippen LogP contribution in [0, 0.1) is 0 Å². The highest BCUT2D eigenvalue weighted by atomic mass is 16.3.